The molecule has 49 heavy (non-hydrogen) atoms. The number of aliphatic carboxylic acids is 3. The van der Waals surface area contributed by atoms with Crippen LogP contribution in [0.15, 0.2) is 0 Å². The predicted molar refractivity (Wildman–Crippen MR) is 204 cm³/mol. The molecular weight excluding hydrogens is 627 g/mol. The van der Waals surface area contributed by atoms with Gasteiger partial charge in [0.15, 0.2) is 0 Å². The zero-order valence-electron chi connectivity index (χ0n) is 33.0. The highest BCUT2D eigenvalue weighted by atomic mass is 27.0. The Morgan fingerprint density at radius 1 is 0.265 bits per heavy atom. The minimum Gasteiger partial charge on any atom is -0.550 e. The summed E-state index contributed by atoms with van der Waals surface area (Å²) in [5.74, 6) is -2.72. The molecule has 0 N–H and O–H groups in total. The summed E-state index contributed by atoms with van der Waals surface area (Å²) in [6.07, 6.45) is 42.1. The standard InChI is InChI=1S/3C14H28O2.Al/c3*1-2-3-4-5-6-7-8-9-10-11-12-13-14(15)16;/h3*2-13H2,1H3,(H,15,16);/p-3. The third-order valence-electron chi connectivity index (χ3n) is 8.95. The first-order valence-electron chi connectivity index (χ1n) is 20.9. The van der Waals surface area contributed by atoms with Crippen molar-refractivity contribution >= 4 is 35.3 Å². The van der Waals surface area contributed by atoms with E-state index >= 15 is 0 Å². The number of carboxylic acids is 3. The van der Waals surface area contributed by atoms with Gasteiger partial charge >= 0.3 is 0 Å². The Morgan fingerprint density at radius 3 is 0.510 bits per heavy atom. The molecule has 0 bridgehead atoms. The van der Waals surface area contributed by atoms with Crippen molar-refractivity contribution in [3.05, 3.63) is 0 Å². The summed E-state index contributed by atoms with van der Waals surface area (Å²) >= 11 is 0. The summed E-state index contributed by atoms with van der Waals surface area (Å²) in [6, 6.07) is 0. The molecule has 0 rings (SSSR count). The summed E-state index contributed by atoms with van der Waals surface area (Å²) in [4.78, 5) is 30.4. The van der Waals surface area contributed by atoms with Crippen molar-refractivity contribution < 1.29 is 29.7 Å². The van der Waals surface area contributed by atoms with Crippen LogP contribution in [0.1, 0.15) is 252 Å². The van der Waals surface area contributed by atoms with E-state index in [-0.39, 0.29) is 36.6 Å². The van der Waals surface area contributed by atoms with Crippen molar-refractivity contribution in [3.8, 4) is 0 Å². The smallest absolute Gasteiger partial charge is 0.0414 e. The number of hydrogen-bond donors (Lipinski definition) is 0. The molecule has 291 valence electrons. The highest BCUT2D eigenvalue weighted by Gasteiger charge is 1.95. The maximum atomic E-state index is 10.1. The molecule has 0 amide bonds. The third kappa shape index (κ3) is 65.9. The molecule has 0 spiro atoms. The molecule has 0 aromatic heterocycles. The van der Waals surface area contributed by atoms with Crippen LogP contribution in [0.2, 0.25) is 0 Å². The van der Waals surface area contributed by atoms with Gasteiger partial charge in [-0.3, -0.25) is 0 Å². The van der Waals surface area contributed by atoms with E-state index in [1.54, 1.807) is 0 Å². The number of hydrogen-bond acceptors (Lipinski definition) is 6. The average Bonchev–Trinajstić information content (AvgIpc) is 3.05. The molecule has 0 aromatic rings. The van der Waals surface area contributed by atoms with Gasteiger partial charge in [0.2, 0.25) is 0 Å². The van der Waals surface area contributed by atoms with Crippen LogP contribution in [0.3, 0.4) is 0 Å². The van der Waals surface area contributed by atoms with Crippen molar-refractivity contribution in [1.29, 1.82) is 0 Å². The van der Waals surface area contributed by atoms with Crippen LogP contribution in [0.25, 0.3) is 0 Å². The lowest BCUT2D eigenvalue weighted by molar-refractivity contribution is -0.307. The minimum atomic E-state index is -0.907. The molecule has 0 aliphatic carbocycles. The number of carboxylic acid groups (broad SMARTS) is 3. The van der Waals surface area contributed by atoms with Gasteiger partial charge in [-0.15, -0.1) is 0 Å². The predicted octanol–water partition coefficient (Wildman–Crippen LogP) is 9.93. The molecule has 0 heterocycles. The number of rotatable bonds is 36. The molecule has 0 aliphatic rings. The van der Waals surface area contributed by atoms with E-state index < -0.39 is 17.9 Å². The Balaban J connectivity index is -0.000000307. The highest BCUT2D eigenvalue weighted by Crippen LogP contribution is 2.14. The summed E-state index contributed by atoms with van der Waals surface area (Å²) in [5, 5.41) is 30.4. The fraction of sp³-hybridized carbons (Fsp3) is 0.929. The van der Waals surface area contributed by atoms with E-state index in [1.165, 1.54) is 173 Å². The first-order valence-corrected chi connectivity index (χ1v) is 20.9. The fourth-order valence-electron chi connectivity index (χ4n) is 5.80. The van der Waals surface area contributed by atoms with Crippen LogP contribution >= 0.6 is 0 Å². The van der Waals surface area contributed by atoms with Crippen LogP contribution in [-0.4, -0.2) is 35.3 Å². The Hall–Kier alpha value is -1.06. The number of unbranched alkanes of at least 4 members (excludes halogenated alkanes) is 30. The van der Waals surface area contributed by atoms with E-state index in [1.807, 2.05) is 0 Å². The SMILES string of the molecule is CCCCCCCCCCCCCC(=O)[O-].CCCCCCCCCCCCCC(=O)[O-].CCCCCCCCCCCCCC(=O)[O-].[Al]. The quantitative estimate of drug-likeness (QED) is 0.0472. The second kappa shape index (κ2) is 51.3. The average molecular weight is 709 g/mol. The summed E-state index contributed by atoms with van der Waals surface area (Å²) in [5.41, 5.74) is 0. The molecular formula is C42H81AlO6-3. The van der Waals surface area contributed by atoms with E-state index in [0.29, 0.717) is 0 Å². The van der Waals surface area contributed by atoms with Crippen molar-refractivity contribution in [3.63, 3.8) is 0 Å². The Morgan fingerprint density at radius 2 is 0.388 bits per heavy atom. The van der Waals surface area contributed by atoms with Crippen LogP contribution in [0, 0.1) is 0 Å². The number of carbonyl (C=O) groups excluding carboxylic acids is 3. The number of carbonyl (C=O) groups is 3. The maximum Gasteiger partial charge on any atom is 0.0414 e. The maximum absolute atomic E-state index is 10.1. The lowest BCUT2D eigenvalue weighted by Crippen LogP contribution is -2.21. The Kier molecular flexibility index (Phi) is 57.3. The van der Waals surface area contributed by atoms with Gasteiger partial charge in [0.1, 0.15) is 0 Å². The molecule has 6 nitrogen and oxygen atoms in total. The minimum absolute atomic E-state index is 0. The van der Waals surface area contributed by atoms with Gasteiger partial charge in [0.25, 0.3) is 0 Å². The van der Waals surface area contributed by atoms with E-state index in [9.17, 15) is 29.7 Å². The van der Waals surface area contributed by atoms with Crippen molar-refractivity contribution in [1.82, 2.24) is 0 Å². The molecule has 3 radical (unpaired) electrons. The van der Waals surface area contributed by atoms with E-state index in [4.69, 9.17) is 0 Å². The lowest BCUT2D eigenvalue weighted by atomic mass is 10.1. The zero-order chi connectivity index (χ0) is 36.2. The lowest BCUT2D eigenvalue weighted by Gasteiger charge is -2.03. The van der Waals surface area contributed by atoms with Gasteiger partial charge in [0, 0.05) is 35.3 Å². The molecule has 0 atom stereocenters. The normalized spacial score (nSPS) is 10.3. The highest BCUT2D eigenvalue weighted by molar-refractivity contribution is 5.75. The molecule has 0 fully saturated rings. The second-order valence-electron chi connectivity index (χ2n) is 14.0. The summed E-state index contributed by atoms with van der Waals surface area (Å²) in [6.45, 7) is 6.73. The molecule has 0 saturated carbocycles. The van der Waals surface area contributed by atoms with Crippen LogP contribution in [0.4, 0.5) is 0 Å². The Labute approximate surface area is 315 Å². The third-order valence-corrected chi connectivity index (χ3v) is 8.95. The molecule has 0 aromatic carbocycles. The van der Waals surface area contributed by atoms with Crippen LogP contribution in [-0.2, 0) is 14.4 Å². The molecule has 0 saturated heterocycles. The van der Waals surface area contributed by atoms with Gasteiger partial charge < -0.3 is 29.7 Å². The van der Waals surface area contributed by atoms with Gasteiger partial charge in [-0.1, -0.05) is 213 Å². The Bertz CT molecular complexity index is 557. The first-order chi connectivity index (χ1) is 23.3. The van der Waals surface area contributed by atoms with Crippen molar-refractivity contribution in [2.24, 2.45) is 0 Å². The van der Waals surface area contributed by atoms with Gasteiger partial charge in [0.05, 0.1) is 0 Å². The molecule has 7 heteroatoms. The van der Waals surface area contributed by atoms with Gasteiger partial charge in [-0.05, 0) is 38.5 Å². The van der Waals surface area contributed by atoms with Gasteiger partial charge in [-0.2, -0.15) is 0 Å². The monoisotopic (exact) mass is 709 g/mol. The van der Waals surface area contributed by atoms with E-state index in [0.717, 1.165) is 38.5 Å². The van der Waals surface area contributed by atoms with Crippen LogP contribution < -0.4 is 15.3 Å². The second-order valence-corrected chi connectivity index (χ2v) is 14.0. The van der Waals surface area contributed by atoms with Crippen LogP contribution in [0.5, 0.6) is 0 Å². The largest absolute Gasteiger partial charge is 0.550 e. The zero-order valence-corrected chi connectivity index (χ0v) is 34.1. The fourth-order valence-corrected chi connectivity index (χ4v) is 5.80. The summed E-state index contributed by atoms with van der Waals surface area (Å²) < 4.78 is 0. The van der Waals surface area contributed by atoms with Crippen molar-refractivity contribution in [2.75, 3.05) is 0 Å². The summed E-state index contributed by atoms with van der Waals surface area (Å²) in [7, 11) is 0. The molecule has 0 unspecified atom stereocenters. The topological polar surface area (TPSA) is 120 Å². The molecule has 0 aliphatic heterocycles. The van der Waals surface area contributed by atoms with Gasteiger partial charge in [-0.25, -0.2) is 0 Å². The van der Waals surface area contributed by atoms with E-state index in [2.05, 4.69) is 20.8 Å². The first kappa shape index (κ1) is 54.7. The van der Waals surface area contributed by atoms with Crippen molar-refractivity contribution in [2.45, 2.75) is 252 Å².